The average Bonchev–Trinajstić information content (AvgIpc) is 1.82. The molecule has 6 nitrogen and oxygen atoms in total. The third-order valence-corrected chi connectivity index (χ3v) is 1.01. The fraction of sp³-hybridized carbons (Fsp3) is 0.333. The number of rotatable bonds is 2. The highest BCUT2D eigenvalue weighted by atomic mass is 16.9. The summed E-state index contributed by atoms with van der Waals surface area (Å²) in [6.07, 6.45) is -1.75. The molecule has 0 aromatic carbocycles. The zero-order valence-electron chi connectivity index (χ0n) is 6.30. The molecular weight excluding hydrogens is 164 g/mol. The molecule has 0 aliphatic heterocycles. The molecule has 1 heterocycles. The van der Waals surface area contributed by atoms with Gasteiger partial charge in [0.05, 0.1) is 6.20 Å². The third kappa shape index (κ3) is 2.79. The van der Waals surface area contributed by atoms with Crippen LogP contribution in [0.2, 0.25) is 0 Å². The highest BCUT2D eigenvalue weighted by Gasteiger charge is 2.21. The molecule has 0 radical (unpaired) electrons. The number of nitrogens with zero attached hydrogens (tertiary/aromatic N) is 2. The molecule has 0 aliphatic carbocycles. The Bertz CT molecular complexity index is 270. The molecule has 0 fully saturated rings. The van der Waals surface area contributed by atoms with Crippen LogP contribution in [0.1, 0.15) is 5.56 Å². The van der Waals surface area contributed by atoms with E-state index in [1.807, 2.05) is 0 Å². The zero-order valence-corrected chi connectivity index (χ0v) is 6.30. The lowest BCUT2D eigenvalue weighted by molar-refractivity contribution is -0.420. The molecule has 66 valence electrons. The molecule has 0 saturated heterocycles. The second-order valence-corrected chi connectivity index (χ2v) is 2.25. The summed E-state index contributed by atoms with van der Waals surface area (Å²) in [5.41, 5.74) is 0.726. The second-order valence-electron chi connectivity index (χ2n) is 2.25. The van der Waals surface area contributed by atoms with E-state index in [1.165, 1.54) is 12.3 Å². The Morgan fingerprint density at radius 3 is 2.58 bits per heavy atom. The predicted octanol–water partition coefficient (Wildman–Crippen LogP) is -1.25. The standard InChI is InChI=1S/C6H8N2O4/c1-4-2-5(8-7-3-4)12-6(9,10)11/h2-3,9-11H,1H3. The summed E-state index contributed by atoms with van der Waals surface area (Å²) in [5, 5.41) is 32.0. The Morgan fingerprint density at radius 1 is 1.42 bits per heavy atom. The van der Waals surface area contributed by atoms with Crippen LogP contribution < -0.4 is 4.74 Å². The number of aromatic nitrogens is 2. The molecule has 1 aromatic rings. The van der Waals surface area contributed by atoms with Gasteiger partial charge in [0.15, 0.2) is 0 Å². The molecule has 6 heteroatoms. The maximum atomic E-state index is 8.38. The Labute approximate surface area is 68.1 Å². The van der Waals surface area contributed by atoms with E-state index in [0.717, 1.165) is 5.56 Å². The van der Waals surface area contributed by atoms with Gasteiger partial charge in [0.2, 0.25) is 5.88 Å². The lowest BCUT2D eigenvalue weighted by atomic mass is 10.3. The van der Waals surface area contributed by atoms with Crippen molar-refractivity contribution in [3.05, 3.63) is 17.8 Å². The summed E-state index contributed by atoms with van der Waals surface area (Å²) in [5.74, 6) is -0.164. The smallest absolute Gasteiger partial charge is 0.397 e. The van der Waals surface area contributed by atoms with Crippen LogP contribution in [-0.2, 0) is 0 Å². The first-order valence-corrected chi connectivity index (χ1v) is 3.13. The van der Waals surface area contributed by atoms with Gasteiger partial charge in [-0.05, 0) is 12.5 Å². The fourth-order valence-electron chi connectivity index (χ4n) is 0.628. The minimum Gasteiger partial charge on any atom is -0.397 e. The average molecular weight is 172 g/mol. The van der Waals surface area contributed by atoms with Crippen LogP contribution in [0.25, 0.3) is 0 Å². The maximum Gasteiger partial charge on any atom is 0.454 e. The molecule has 0 spiro atoms. The van der Waals surface area contributed by atoms with Gasteiger partial charge in [0.1, 0.15) is 0 Å². The van der Waals surface area contributed by atoms with Gasteiger partial charge >= 0.3 is 6.16 Å². The Kier molecular flexibility index (Phi) is 2.22. The molecule has 1 rings (SSSR count). The van der Waals surface area contributed by atoms with Gasteiger partial charge in [0.25, 0.3) is 0 Å². The van der Waals surface area contributed by atoms with Crippen molar-refractivity contribution in [3.8, 4) is 5.88 Å². The first-order valence-electron chi connectivity index (χ1n) is 3.13. The lowest BCUT2D eigenvalue weighted by Gasteiger charge is -2.13. The van der Waals surface area contributed by atoms with Crippen molar-refractivity contribution in [3.63, 3.8) is 0 Å². The third-order valence-electron chi connectivity index (χ3n) is 1.01. The fourth-order valence-corrected chi connectivity index (χ4v) is 0.628. The van der Waals surface area contributed by atoms with Gasteiger partial charge < -0.3 is 20.1 Å². The predicted molar refractivity (Wildman–Crippen MR) is 36.8 cm³/mol. The van der Waals surface area contributed by atoms with E-state index in [9.17, 15) is 0 Å². The van der Waals surface area contributed by atoms with E-state index in [-0.39, 0.29) is 5.88 Å². The molecule has 0 amide bonds. The SMILES string of the molecule is Cc1cnnc(OC(O)(O)O)c1. The number of hydrogen-bond donors (Lipinski definition) is 3. The molecule has 0 saturated carbocycles. The first-order chi connectivity index (χ1) is 5.47. The Balaban J connectivity index is 2.77. The number of aliphatic hydroxyl groups is 3. The van der Waals surface area contributed by atoms with E-state index in [0.29, 0.717) is 0 Å². The minimum atomic E-state index is -3.21. The highest BCUT2D eigenvalue weighted by Crippen LogP contribution is 2.09. The summed E-state index contributed by atoms with van der Waals surface area (Å²) in [4.78, 5) is 0. The van der Waals surface area contributed by atoms with Gasteiger partial charge in [-0.3, -0.25) is 0 Å². The molecule has 0 aliphatic rings. The normalized spacial score (nSPS) is 11.3. The summed E-state index contributed by atoms with van der Waals surface area (Å²) >= 11 is 0. The van der Waals surface area contributed by atoms with Gasteiger partial charge in [-0.2, -0.15) is 5.10 Å². The molecule has 1 aromatic heterocycles. The van der Waals surface area contributed by atoms with E-state index in [2.05, 4.69) is 14.9 Å². The van der Waals surface area contributed by atoms with Crippen LogP contribution in [0.4, 0.5) is 0 Å². The van der Waals surface area contributed by atoms with Gasteiger partial charge in [0, 0.05) is 6.07 Å². The quantitative estimate of drug-likeness (QED) is 0.482. The van der Waals surface area contributed by atoms with Crippen molar-refractivity contribution >= 4 is 0 Å². The summed E-state index contributed by atoms with van der Waals surface area (Å²) in [6.45, 7) is 1.72. The largest absolute Gasteiger partial charge is 0.454 e. The van der Waals surface area contributed by atoms with E-state index >= 15 is 0 Å². The van der Waals surface area contributed by atoms with Gasteiger partial charge in [-0.15, -0.1) is 5.10 Å². The van der Waals surface area contributed by atoms with Crippen LogP contribution in [0.15, 0.2) is 12.3 Å². The number of ether oxygens (including phenoxy) is 1. The van der Waals surface area contributed by atoms with Crippen molar-refractivity contribution in [1.29, 1.82) is 0 Å². The Morgan fingerprint density at radius 2 is 2.08 bits per heavy atom. The van der Waals surface area contributed by atoms with Crippen LogP contribution in [0.5, 0.6) is 5.88 Å². The zero-order chi connectivity index (χ0) is 9.19. The molecule has 3 N–H and O–H groups in total. The van der Waals surface area contributed by atoms with E-state index < -0.39 is 6.16 Å². The van der Waals surface area contributed by atoms with Crippen LogP contribution in [-0.4, -0.2) is 31.7 Å². The number of hydrogen-bond acceptors (Lipinski definition) is 6. The molecule has 0 atom stereocenters. The van der Waals surface area contributed by atoms with E-state index in [1.54, 1.807) is 6.92 Å². The van der Waals surface area contributed by atoms with E-state index in [4.69, 9.17) is 15.3 Å². The lowest BCUT2D eigenvalue weighted by Crippen LogP contribution is -2.35. The van der Waals surface area contributed by atoms with Crippen LogP contribution in [0, 0.1) is 6.92 Å². The summed E-state index contributed by atoms with van der Waals surface area (Å²) in [7, 11) is 0. The number of aryl methyl sites for hydroxylation is 1. The van der Waals surface area contributed by atoms with Gasteiger partial charge in [-0.1, -0.05) is 0 Å². The molecule has 12 heavy (non-hydrogen) atoms. The van der Waals surface area contributed by atoms with Crippen molar-refractivity contribution in [2.24, 2.45) is 0 Å². The monoisotopic (exact) mass is 172 g/mol. The van der Waals surface area contributed by atoms with Crippen LogP contribution in [0.3, 0.4) is 0 Å². The second kappa shape index (κ2) is 3.02. The molecule has 0 unspecified atom stereocenters. The van der Waals surface area contributed by atoms with Gasteiger partial charge in [-0.25, -0.2) is 0 Å². The minimum absolute atomic E-state index is 0.164. The highest BCUT2D eigenvalue weighted by molar-refractivity contribution is 5.14. The maximum absolute atomic E-state index is 8.38. The van der Waals surface area contributed by atoms with Crippen molar-refractivity contribution in [2.75, 3.05) is 0 Å². The first kappa shape index (κ1) is 8.85. The van der Waals surface area contributed by atoms with Crippen LogP contribution >= 0.6 is 0 Å². The summed E-state index contributed by atoms with van der Waals surface area (Å²) < 4.78 is 4.18. The molecule has 0 bridgehead atoms. The van der Waals surface area contributed by atoms with Crippen molar-refractivity contribution in [2.45, 2.75) is 13.1 Å². The topological polar surface area (TPSA) is 95.7 Å². The Hall–Kier alpha value is -1.24. The molecular formula is C6H8N2O4. The summed E-state index contributed by atoms with van der Waals surface area (Å²) in [6, 6.07) is 1.39. The van der Waals surface area contributed by atoms with Crippen molar-refractivity contribution in [1.82, 2.24) is 10.2 Å². The van der Waals surface area contributed by atoms with Crippen molar-refractivity contribution < 1.29 is 20.1 Å².